The molecule has 0 aromatic heterocycles. The molecule has 3 N–H and O–H groups in total. The smallest absolute Gasteiger partial charge is 0.206 e. The van der Waals surface area contributed by atoms with Crippen LogP contribution in [-0.4, -0.2) is 28.1 Å². The van der Waals surface area contributed by atoms with Gasteiger partial charge >= 0.3 is 0 Å². The normalized spacial score (nSPS) is 19.1. The molecule has 0 saturated heterocycles. The highest BCUT2D eigenvalue weighted by atomic mass is 35.5. The predicted molar refractivity (Wildman–Crippen MR) is 103 cm³/mol. The highest BCUT2D eigenvalue weighted by Gasteiger charge is 2.42. The minimum atomic E-state index is -3.53. The summed E-state index contributed by atoms with van der Waals surface area (Å²) in [4.78, 5) is 0. The van der Waals surface area contributed by atoms with Crippen LogP contribution in [0.2, 0.25) is 0 Å². The highest BCUT2D eigenvalue weighted by Crippen LogP contribution is 2.61. The second kappa shape index (κ2) is 8.41. The molecular weight excluding hydrogens is 386 g/mol. The average molecular weight is 407 g/mol. The van der Waals surface area contributed by atoms with E-state index in [9.17, 15) is 17.9 Å². The van der Waals surface area contributed by atoms with Crippen molar-refractivity contribution in [2.45, 2.75) is 18.3 Å². The van der Waals surface area contributed by atoms with Gasteiger partial charge in [0.25, 0.3) is 0 Å². The standard InChI is InChI=1S/C17H20F2N2O3S.ClH/c1-20-10-4-7-17-24-16-11-12(18)8-9-15(16)21(25(17,22)23)14-6-3-2-5-13(14)19;/h2-3,5-6,8-9,11,17,20,22-23H,4,7,10H2,1H3;1H. The summed E-state index contributed by atoms with van der Waals surface area (Å²) in [6, 6.07) is 9.50. The first kappa shape index (κ1) is 20.7. The third-order valence-electron chi connectivity index (χ3n) is 3.96. The fraction of sp³-hybridized carbons (Fsp3) is 0.294. The van der Waals surface area contributed by atoms with E-state index in [2.05, 4.69) is 5.32 Å². The first-order chi connectivity index (χ1) is 11.9. The van der Waals surface area contributed by atoms with Crippen LogP contribution in [0.4, 0.5) is 20.2 Å². The molecule has 2 aromatic rings. The van der Waals surface area contributed by atoms with E-state index >= 15 is 0 Å². The molecule has 5 nitrogen and oxygen atoms in total. The maximum Gasteiger partial charge on any atom is 0.206 e. The van der Waals surface area contributed by atoms with Crippen LogP contribution in [0, 0.1) is 11.6 Å². The molecular formula is C17H21ClF2N2O3S. The van der Waals surface area contributed by atoms with Crippen LogP contribution in [0.3, 0.4) is 0 Å². The Morgan fingerprint density at radius 3 is 2.58 bits per heavy atom. The number of benzene rings is 2. The maximum absolute atomic E-state index is 14.3. The molecule has 3 rings (SSSR count). The van der Waals surface area contributed by atoms with Crippen LogP contribution in [0.1, 0.15) is 12.8 Å². The number of hydrogen-bond donors (Lipinski definition) is 3. The molecule has 1 heterocycles. The monoisotopic (exact) mass is 406 g/mol. The van der Waals surface area contributed by atoms with E-state index in [1.807, 2.05) is 0 Å². The van der Waals surface area contributed by atoms with Crippen molar-refractivity contribution in [2.75, 3.05) is 17.9 Å². The van der Waals surface area contributed by atoms with Gasteiger partial charge in [-0.2, -0.15) is 0 Å². The van der Waals surface area contributed by atoms with Crippen molar-refractivity contribution >= 4 is 34.6 Å². The van der Waals surface area contributed by atoms with Crippen molar-refractivity contribution in [1.82, 2.24) is 5.32 Å². The van der Waals surface area contributed by atoms with E-state index in [1.165, 1.54) is 36.4 Å². The summed E-state index contributed by atoms with van der Waals surface area (Å²) in [6.07, 6.45) is 0.941. The molecule has 1 unspecified atom stereocenters. The van der Waals surface area contributed by atoms with Crippen LogP contribution < -0.4 is 14.4 Å². The van der Waals surface area contributed by atoms with Crippen molar-refractivity contribution in [2.24, 2.45) is 0 Å². The second-order valence-corrected chi connectivity index (χ2v) is 7.73. The summed E-state index contributed by atoms with van der Waals surface area (Å²) in [7, 11) is -1.74. The number of rotatable bonds is 5. The number of halogens is 3. The lowest BCUT2D eigenvalue weighted by atomic mass is 10.2. The average Bonchev–Trinajstić information content (AvgIpc) is 2.57. The molecule has 0 bridgehead atoms. The molecule has 2 aromatic carbocycles. The molecule has 0 amide bonds. The lowest BCUT2D eigenvalue weighted by Crippen LogP contribution is -2.39. The van der Waals surface area contributed by atoms with Crippen molar-refractivity contribution in [3.63, 3.8) is 0 Å². The van der Waals surface area contributed by atoms with E-state index in [0.717, 1.165) is 4.31 Å². The van der Waals surface area contributed by atoms with Gasteiger partial charge in [0.05, 0.1) is 5.69 Å². The Bertz CT molecular complexity index is 767. The Hall–Kier alpha value is -1.58. The van der Waals surface area contributed by atoms with Gasteiger partial charge in [-0.15, -0.1) is 12.4 Å². The molecule has 0 saturated carbocycles. The molecule has 0 fully saturated rings. The highest BCUT2D eigenvalue weighted by molar-refractivity contribution is 8.26. The Balaban J connectivity index is 0.00000243. The largest absolute Gasteiger partial charge is 0.466 e. The van der Waals surface area contributed by atoms with Crippen molar-refractivity contribution in [3.05, 3.63) is 54.1 Å². The number of ether oxygens (including phenoxy) is 1. The SMILES string of the molecule is CNCCCC1Oc2cc(F)ccc2N(c2ccccc2F)S1(O)O.Cl. The molecule has 144 valence electrons. The summed E-state index contributed by atoms with van der Waals surface area (Å²) in [5, 5.41) is 2.97. The zero-order valence-corrected chi connectivity index (χ0v) is 15.7. The number of fused-ring (bicyclic) bond motifs is 1. The van der Waals surface area contributed by atoms with Crippen molar-refractivity contribution in [3.8, 4) is 5.75 Å². The quantitative estimate of drug-likeness (QED) is 0.616. The van der Waals surface area contributed by atoms with Crippen LogP contribution in [-0.2, 0) is 0 Å². The molecule has 0 spiro atoms. The van der Waals surface area contributed by atoms with Crippen LogP contribution in [0.5, 0.6) is 5.75 Å². The van der Waals surface area contributed by atoms with Gasteiger partial charge in [-0.05, 0) is 44.3 Å². The zero-order chi connectivity index (χ0) is 18.0. The molecule has 0 aliphatic carbocycles. The maximum atomic E-state index is 14.3. The summed E-state index contributed by atoms with van der Waals surface area (Å²) < 4.78 is 56.5. The third kappa shape index (κ3) is 3.89. The molecule has 0 radical (unpaired) electrons. The van der Waals surface area contributed by atoms with Gasteiger partial charge in [0.15, 0.2) is 5.75 Å². The van der Waals surface area contributed by atoms with Crippen LogP contribution >= 0.6 is 23.2 Å². The molecule has 26 heavy (non-hydrogen) atoms. The first-order valence-electron chi connectivity index (χ1n) is 7.88. The number of nitrogens with zero attached hydrogens (tertiary/aromatic N) is 1. The second-order valence-electron chi connectivity index (χ2n) is 5.71. The van der Waals surface area contributed by atoms with Crippen molar-refractivity contribution in [1.29, 1.82) is 0 Å². The Morgan fingerprint density at radius 1 is 1.15 bits per heavy atom. The summed E-state index contributed by atoms with van der Waals surface area (Å²) >= 11 is 0. The first-order valence-corrected chi connectivity index (χ1v) is 9.44. The molecule has 1 atom stereocenters. The lowest BCUT2D eigenvalue weighted by Gasteiger charge is -2.51. The number of hydrogen-bond acceptors (Lipinski definition) is 5. The molecule has 1 aliphatic heterocycles. The van der Waals surface area contributed by atoms with E-state index in [-0.39, 0.29) is 29.5 Å². The zero-order valence-electron chi connectivity index (χ0n) is 14.1. The van der Waals surface area contributed by atoms with Crippen molar-refractivity contribution < 1.29 is 22.6 Å². The van der Waals surface area contributed by atoms with Crippen LogP contribution in [0.15, 0.2) is 42.5 Å². The van der Waals surface area contributed by atoms with Gasteiger partial charge in [0.2, 0.25) is 5.44 Å². The van der Waals surface area contributed by atoms with E-state index in [4.69, 9.17) is 4.74 Å². The minimum Gasteiger partial charge on any atom is -0.466 e. The summed E-state index contributed by atoms with van der Waals surface area (Å²) in [5.74, 6) is -0.961. The topological polar surface area (TPSA) is 65.0 Å². The Morgan fingerprint density at radius 2 is 1.88 bits per heavy atom. The Labute approximate surface area is 158 Å². The van der Waals surface area contributed by atoms with E-state index in [0.29, 0.717) is 19.4 Å². The van der Waals surface area contributed by atoms with Gasteiger partial charge in [-0.3, -0.25) is 9.11 Å². The number of anilines is 2. The number of nitrogens with one attached hydrogen (secondary N) is 1. The van der Waals surface area contributed by atoms with Gasteiger partial charge < -0.3 is 10.1 Å². The van der Waals surface area contributed by atoms with Gasteiger partial charge in [-0.1, -0.05) is 22.9 Å². The predicted octanol–water partition coefficient (Wildman–Crippen LogP) is 4.91. The van der Waals surface area contributed by atoms with Crippen LogP contribution in [0.25, 0.3) is 0 Å². The third-order valence-corrected chi connectivity index (χ3v) is 5.93. The fourth-order valence-electron chi connectivity index (χ4n) is 2.77. The summed E-state index contributed by atoms with van der Waals surface area (Å²) in [5.41, 5.74) is -0.761. The van der Waals surface area contributed by atoms with Gasteiger partial charge in [0.1, 0.15) is 17.3 Å². The molecule has 1 aliphatic rings. The van der Waals surface area contributed by atoms with Gasteiger partial charge in [-0.25, -0.2) is 13.1 Å². The molecule has 9 heteroatoms. The fourth-order valence-corrected chi connectivity index (χ4v) is 4.60. The summed E-state index contributed by atoms with van der Waals surface area (Å²) in [6.45, 7) is 0.658. The van der Waals surface area contributed by atoms with E-state index < -0.39 is 27.8 Å². The lowest BCUT2D eigenvalue weighted by molar-refractivity contribution is 0.234. The minimum absolute atomic E-state index is 0. The number of para-hydroxylation sites is 1. The van der Waals surface area contributed by atoms with E-state index in [1.54, 1.807) is 13.1 Å². The van der Waals surface area contributed by atoms with Gasteiger partial charge in [0, 0.05) is 12.5 Å². The Kier molecular flexibility index (Phi) is 6.70.